The van der Waals surface area contributed by atoms with Crippen molar-refractivity contribution < 1.29 is 9.59 Å². The number of likely N-dealkylation sites (N-methyl/N-ethyl adjacent to an activating group) is 1. The van der Waals surface area contributed by atoms with Crippen LogP contribution in [0.15, 0.2) is 24.3 Å². The zero-order valence-electron chi connectivity index (χ0n) is 14.3. The number of hydrogen-bond acceptors (Lipinski definition) is 3. The van der Waals surface area contributed by atoms with Crippen LogP contribution in [-0.2, 0) is 0 Å². The van der Waals surface area contributed by atoms with Gasteiger partial charge >= 0.3 is 12.1 Å². The summed E-state index contributed by atoms with van der Waals surface area (Å²) in [5, 5.41) is 5.76. The van der Waals surface area contributed by atoms with Gasteiger partial charge in [0, 0.05) is 43.6 Å². The van der Waals surface area contributed by atoms with E-state index in [2.05, 4.69) is 15.5 Å². The molecule has 7 nitrogen and oxygen atoms in total. The fraction of sp³-hybridized carbons (Fsp3) is 0.529. The van der Waals surface area contributed by atoms with Crippen molar-refractivity contribution in [1.82, 2.24) is 15.1 Å². The maximum Gasteiger partial charge on any atom is 0.322 e. The smallest absolute Gasteiger partial charge is 0.322 e. The SMILES string of the molecule is CN(C)C[C@H]1CCCN1C(=O)Nc1cccc(N2CCNC2=O)c1. The lowest BCUT2D eigenvalue weighted by Gasteiger charge is -2.27. The zero-order chi connectivity index (χ0) is 17.1. The Balaban J connectivity index is 1.67. The van der Waals surface area contributed by atoms with Crippen LogP contribution in [-0.4, -0.2) is 68.2 Å². The second-order valence-corrected chi connectivity index (χ2v) is 6.62. The van der Waals surface area contributed by atoms with Gasteiger partial charge in [0.25, 0.3) is 0 Å². The maximum absolute atomic E-state index is 12.6. The Bertz CT molecular complexity index is 619. The first-order valence-electron chi connectivity index (χ1n) is 8.42. The third-order valence-electron chi connectivity index (χ3n) is 4.48. The van der Waals surface area contributed by atoms with Crippen LogP contribution in [0.25, 0.3) is 0 Å². The van der Waals surface area contributed by atoms with Crippen molar-refractivity contribution in [3.05, 3.63) is 24.3 Å². The van der Waals surface area contributed by atoms with Crippen LogP contribution >= 0.6 is 0 Å². The molecular weight excluding hydrogens is 306 g/mol. The van der Waals surface area contributed by atoms with Gasteiger partial charge in [-0.05, 0) is 45.1 Å². The molecule has 2 fully saturated rings. The molecular formula is C17H25N5O2. The molecule has 2 aliphatic heterocycles. The number of rotatable bonds is 4. The van der Waals surface area contributed by atoms with E-state index < -0.39 is 0 Å². The van der Waals surface area contributed by atoms with Crippen molar-refractivity contribution in [2.24, 2.45) is 0 Å². The van der Waals surface area contributed by atoms with Crippen LogP contribution in [0.3, 0.4) is 0 Å². The van der Waals surface area contributed by atoms with E-state index in [9.17, 15) is 9.59 Å². The Kier molecular flexibility index (Phi) is 4.89. The minimum atomic E-state index is -0.0935. The van der Waals surface area contributed by atoms with Crippen molar-refractivity contribution in [3.8, 4) is 0 Å². The monoisotopic (exact) mass is 331 g/mol. The molecule has 0 spiro atoms. The number of carbonyl (C=O) groups excluding carboxylic acids is 2. The van der Waals surface area contributed by atoms with Crippen molar-refractivity contribution in [2.75, 3.05) is 50.5 Å². The Labute approximate surface area is 142 Å². The molecule has 0 saturated carbocycles. The third-order valence-corrected chi connectivity index (χ3v) is 4.48. The van der Waals surface area contributed by atoms with Gasteiger partial charge in [0.1, 0.15) is 0 Å². The number of carbonyl (C=O) groups is 2. The molecule has 2 N–H and O–H groups in total. The van der Waals surface area contributed by atoms with Crippen LogP contribution in [0.2, 0.25) is 0 Å². The van der Waals surface area contributed by atoms with Crippen LogP contribution in [0.4, 0.5) is 21.0 Å². The number of nitrogens with zero attached hydrogens (tertiary/aromatic N) is 3. The Hall–Kier alpha value is -2.28. The van der Waals surface area contributed by atoms with E-state index in [1.165, 1.54) is 0 Å². The van der Waals surface area contributed by atoms with Crippen LogP contribution in [0.5, 0.6) is 0 Å². The van der Waals surface area contributed by atoms with E-state index in [-0.39, 0.29) is 18.1 Å². The Morgan fingerprint density at radius 2 is 2.21 bits per heavy atom. The quantitative estimate of drug-likeness (QED) is 0.884. The lowest BCUT2D eigenvalue weighted by Crippen LogP contribution is -2.43. The van der Waals surface area contributed by atoms with Gasteiger partial charge in [0.05, 0.1) is 0 Å². The van der Waals surface area contributed by atoms with Crippen molar-refractivity contribution in [2.45, 2.75) is 18.9 Å². The fourth-order valence-electron chi connectivity index (χ4n) is 3.38. The highest BCUT2D eigenvalue weighted by molar-refractivity contribution is 5.95. The predicted molar refractivity (Wildman–Crippen MR) is 94.5 cm³/mol. The average Bonchev–Trinajstić information content (AvgIpc) is 3.16. The second-order valence-electron chi connectivity index (χ2n) is 6.62. The highest BCUT2D eigenvalue weighted by Crippen LogP contribution is 2.23. The number of amides is 4. The molecule has 7 heteroatoms. The molecule has 0 bridgehead atoms. The highest BCUT2D eigenvalue weighted by Gasteiger charge is 2.29. The summed E-state index contributed by atoms with van der Waals surface area (Å²) in [5.41, 5.74) is 1.52. The van der Waals surface area contributed by atoms with Gasteiger partial charge in [-0.1, -0.05) is 6.07 Å². The van der Waals surface area contributed by atoms with Gasteiger partial charge in [0.2, 0.25) is 0 Å². The summed E-state index contributed by atoms with van der Waals surface area (Å²) < 4.78 is 0. The molecule has 1 aromatic rings. The summed E-state index contributed by atoms with van der Waals surface area (Å²) in [5.74, 6) is 0. The standard InChI is InChI=1S/C17H25N5O2/c1-20(2)12-15-7-4-9-21(15)17(24)19-13-5-3-6-14(11-13)22-10-8-18-16(22)23/h3,5-6,11,15H,4,7-10,12H2,1-2H3,(H,18,23)(H,19,24)/t15-/m1/s1. The number of urea groups is 2. The number of hydrogen-bond donors (Lipinski definition) is 2. The largest absolute Gasteiger partial charge is 0.336 e. The molecule has 130 valence electrons. The van der Waals surface area contributed by atoms with Gasteiger partial charge in [0.15, 0.2) is 0 Å². The third kappa shape index (κ3) is 3.62. The van der Waals surface area contributed by atoms with Gasteiger partial charge in [-0.15, -0.1) is 0 Å². The van der Waals surface area contributed by atoms with Crippen molar-refractivity contribution in [3.63, 3.8) is 0 Å². The van der Waals surface area contributed by atoms with Gasteiger partial charge < -0.3 is 20.4 Å². The summed E-state index contributed by atoms with van der Waals surface area (Å²) in [6.07, 6.45) is 2.08. The average molecular weight is 331 g/mol. The molecule has 0 aromatic heterocycles. The zero-order valence-corrected chi connectivity index (χ0v) is 14.3. The summed E-state index contributed by atoms with van der Waals surface area (Å²) in [6.45, 7) is 2.96. The van der Waals surface area contributed by atoms with Gasteiger partial charge in [-0.3, -0.25) is 4.90 Å². The van der Waals surface area contributed by atoms with Crippen molar-refractivity contribution in [1.29, 1.82) is 0 Å². The molecule has 0 radical (unpaired) electrons. The van der Waals surface area contributed by atoms with Gasteiger partial charge in [-0.25, -0.2) is 9.59 Å². The lowest BCUT2D eigenvalue weighted by molar-refractivity contribution is 0.193. The van der Waals surface area contributed by atoms with E-state index in [1.807, 2.05) is 43.3 Å². The molecule has 2 saturated heterocycles. The van der Waals surface area contributed by atoms with E-state index in [0.717, 1.165) is 31.6 Å². The summed E-state index contributed by atoms with van der Waals surface area (Å²) in [7, 11) is 4.05. The number of anilines is 2. The van der Waals surface area contributed by atoms with Crippen LogP contribution < -0.4 is 15.5 Å². The molecule has 0 unspecified atom stereocenters. The molecule has 2 heterocycles. The first-order chi connectivity index (χ1) is 11.5. The van der Waals surface area contributed by atoms with Crippen molar-refractivity contribution >= 4 is 23.4 Å². The Morgan fingerprint density at radius 1 is 1.38 bits per heavy atom. The number of benzene rings is 1. The Morgan fingerprint density at radius 3 is 2.92 bits per heavy atom. The van der Waals surface area contributed by atoms with E-state index in [4.69, 9.17) is 0 Å². The molecule has 3 rings (SSSR count). The van der Waals surface area contributed by atoms with Crippen LogP contribution in [0, 0.1) is 0 Å². The first-order valence-corrected chi connectivity index (χ1v) is 8.42. The maximum atomic E-state index is 12.6. The topological polar surface area (TPSA) is 67.9 Å². The predicted octanol–water partition coefficient (Wildman–Crippen LogP) is 1.77. The first kappa shape index (κ1) is 16.6. The molecule has 1 atom stereocenters. The summed E-state index contributed by atoms with van der Waals surface area (Å²) in [4.78, 5) is 30.1. The van der Waals surface area contributed by atoms with E-state index >= 15 is 0 Å². The van der Waals surface area contributed by atoms with E-state index in [0.29, 0.717) is 18.8 Å². The number of likely N-dealkylation sites (tertiary alicyclic amines) is 1. The normalized spacial score (nSPS) is 20.6. The molecule has 4 amide bonds. The number of nitrogens with one attached hydrogen (secondary N) is 2. The fourth-order valence-corrected chi connectivity index (χ4v) is 3.38. The molecule has 24 heavy (non-hydrogen) atoms. The van der Waals surface area contributed by atoms with E-state index in [1.54, 1.807) is 4.90 Å². The molecule has 2 aliphatic rings. The van der Waals surface area contributed by atoms with Gasteiger partial charge in [-0.2, -0.15) is 0 Å². The second kappa shape index (κ2) is 7.09. The van der Waals surface area contributed by atoms with Crippen LogP contribution in [0.1, 0.15) is 12.8 Å². The molecule has 0 aliphatic carbocycles. The minimum absolute atomic E-state index is 0.0672. The lowest BCUT2D eigenvalue weighted by atomic mass is 10.2. The molecule has 1 aromatic carbocycles. The summed E-state index contributed by atoms with van der Waals surface area (Å²) >= 11 is 0. The summed E-state index contributed by atoms with van der Waals surface area (Å²) in [6, 6.07) is 7.54. The highest BCUT2D eigenvalue weighted by atomic mass is 16.2. The minimum Gasteiger partial charge on any atom is -0.336 e.